The number of aliphatic carboxylic acids is 1. The van der Waals surface area contributed by atoms with E-state index in [4.69, 9.17) is 17.2 Å². The summed E-state index contributed by atoms with van der Waals surface area (Å²) >= 11 is 0. The zero-order valence-corrected chi connectivity index (χ0v) is 64.5. The van der Waals surface area contributed by atoms with Gasteiger partial charge in [0.05, 0.1) is 49.3 Å². The van der Waals surface area contributed by atoms with E-state index in [1.165, 1.54) is 19.1 Å². The van der Waals surface area contributed by atoms with Gasteiger partial charge in [0.25, 0.3) is 0 Å². The van der Waals surface area contributed by atoms with Crippen LogP contribution in [0.5, 0.6) is 5.75 Å². The van der Waals surface area contributed by atoms with Gasteiger partial charge in [0.15, 0.2) is 28.9 Å². The van der Waals surface area contributed by atoms with E-state index in [9.17, 15) is 68.4 Å². The molecule has 0 radical (unpaired) electrons. The SMILES string of the molecule is CC(C)C[C@H](NC(=O)[C@@H](CC(=O)[C@H](CCCCN)NC(=O)[C@H](CCCCN)CC(=O)[C@H](CCC(=O)O)NC(=O)[C@H](CO)CC(=O)[C@H](Cc1ccccc1)NC(=O)[C@@H](C)Cc1ccccc1)Cc1ccc(O)cc1)C(=O)C[C@@H](Cc1c[nH]c2ccccc12)C(=O)NCC(=O)C[C@@H](Cc1ccccc1)C(=O)N[C@H](C(N)=O)[C@@H](C)O. The predicted molar refractivity (Wildman–Crippen MR) is 422 cm³/mol. The molecule has 6 aromatic rings. The fourth-order valence-corrected chi connectivity index (χ4v) is 13.6. The first-order valence-corrected chi connectivity index (χ1v) is 38.6. The number of carboxylic acids is 1. The number of aromatic amines is 1. The number of amides is 7. The second kappa shape index (κ2) is 46.9. The quantitative estimate of drug-likeness (QED) is 0.0211. The zero-order valence-electron chi connectivity index (χ0n) is 64.5. The Bertz CT molecular complexity index is 4080. The first kappa shape index (κ1) is 90.3. The Balaban J connectivity index is 1.22. The topological polar surface area (TPSA) is 469 Å². The highest BCUT2D eigenvalue weighted by atomic mass is 16.4. The van der Waals surface area contributed by atoms with Crippen LogP contribution in [0, 0.1) is 41.4 Å². The van der Waals surface area contributed by atoms with Crippen LogP contribution in [0.15, 0.2) is 146 Å². The maximum atomic E-state index is 15.2. The predicted octanol–water partition coefficient (Wildman–Crippen LogP) is 5.47. The Hall–Kier alpha value is -10.6. The highest BCUT2D eigenvalue weighted by Gasteiger charge is 2.38. The van der Waals surface area contributed by atoms with Crippen LogP contribution in [0.25, 0.3) is 10.9 Å². The fourth-order valence-electron chi connectivity index (χ4n) is 13.6. The molecular weight excluding hydrogens is 1430 g/mol. The maximum absolute atomic E-state index is 15.2. The third-order valence-electron chi connectivity index (χ3n) is 20.0. The summed E-state index contributed by atoms with van der Waals surface area (Å²) in [7, 11) is 0. The second-order valence-electron chi connectivity index (χ2n) is 29.7. The Morgan fingerprint density at radius 3 is 1.45 bits per heavy atom. The number of hydrogen-bond donors (Lipinski definition) is 14. The first-order valence-electron chi connectivity index (χ1n) is 38.6. The molecule has 6 rings (SSSR count). The number of nitrogens with one attached hydrogen (secondary N) is 7. The van der Waals surface area contributed by atoms with E-state index in [0.717, 1.165) is 16.5 Å². The number of benzene rings is 5. The smallest absolute Gasteiger partial charge is 0.303 e. The number of carbonyl (C=O) groups excluding carboxylic acids is 12. The molecule has 1 heterocycles. The average Bonchev–Trinajstić information content (AvgIpc) is 1.64. The molecule has 5 aromatic carbocycles. The zero-order chi connectivity index (χ0) is 81.8. The third-order valence-corrected chi connectivity index (χ3v) is 20.0. The summed E-state index contributed by atoms with van der Waals surface area (Å²) in [5.74, 6) is -16.8. The number of aliphatic hydroxyl groups is 2. The van der Waals surface area contributed by atoms with Gasteiger partial charge >= 0.3 is 5.97 Å². The number of H-pyrrole nitrogens is 1. The van der Waals surface area contributed by atoms with Crippen molar-refractivity contribution >= 4 is 87.1 Å². The maximum Gasteiger partial charge on any atom is 0.303 e. The van der Waals surface area contributed by atoms with E-state index >= 15 is 14.4 Å². The minimum atomic E-state index is -1.55. The molecule has 12 atom stereocenters. The number of nitrogens with two attached hydrogens (primary N) is 3. The Morgan fingerprint density at radius 2 is 0.893 bits per heavy atom. The van der Waals surface area contributed by atoms with Gasteiger partial charge in [-0.2, -0.15) is 0 Å². The van der Waals surface area contributed by atoms with Crippen LogP contribution in [0.3, 0.4) is 0 Å². The Kier molecular flexibility index (Phi) is 37.8. The van der Waals surface area contributed by atoms with Gasteiger partial charge in [-0.05, 0) is 149 Å². The lowest BCUT2D eigenvalue weighted by atomic mass is 9.87. The highest BCUT2D eigenvalue weighted by Crippen LogP contribution is 2.27. The summed E-state index contributed by atoms with van der Waals surface area (Å²) in [4.78, 5) is 187. The lowest BCUT2D eigenvalue weighted by Crippen LogP contribution is -2.52. The molecule has 0 fully saturated rings. The average molecular weight is 1550 g/mol. The molecule has 0 saturated heterocycles. The summed E-state index contributed by atoms with van der Waals surface area (Å²) < 4.78 is 0. The van der Waals surface area contributed by atoms with Crippen molar-refractivity contribution in [1.29, 1.82) is 0 Å². The van der Waals surface area contributed by atoms with Crippen LogP contribution in [0.1, 0.15) is 145 Å². The largest absolute Gasteiger partial charge is 0.508 e. The van der Waals surface area contributed by atoms with E-state index < -0.39 is 206 Å². The van der Waals surface area contributed by atoms with Crippen molar-refractivity contribution in [2.75, 3.05) is 26.2 Å². The van der Waals surface area contributed by atoms with Crippen LogP contribution in [0.2, 0.25) is 0 Å². The summed E-state index contributed by atoms with van der Waals surface area (Å²) in [6.45, 7) is 5.61. The number of phenolic OH excluding ortho intramolecular Hbond substituents is 1. The summed E-state index contributed by atoms with van der Waals surface area (Å²) in [6, 6.07) is 33.4. The molecule has 0 aliphatic carbocycles. The molecule has 27 heteroatoms. The standard InChI is InChI=1S/C85H112N10O17/c1-52(2)38-71(75(102)47-62(43-63-49-89-68-28-15-14-27-67(63)68)81(108)90-50-66(99)44-60(40-56-22-10-6-11-23-56)84(111)95-78(54(4)97)79(88)106)94-83(110)61(41-58-30-32-65(98)33-31-58)46-74(101)69(29-17-19-37-87)91-82(109)59(26-16-18-36-86)45-73(100)70(34-35-77(104)105)92-85(112)64(51-96)48-76(103)72(42-57-24-12-7-13-25-57)93-80(107)53(3)39-55-20-8-5-9-21-55/h5-15,20-25,27-28,30-33,49,52-54,59-62,64,69-72,78,89,96-98H,16-19,26,29,34-48,50-51,86-87H2,1-4H3,(H2,88,106)(H,90,108)(H,91,109)(H,92,112)(H,93,107)(H,94,110)(H,95,111)(H,104,105)/t53-,54+,59+,60+,61+,62+,64-,69-,70-,71-,72-,78-/m0/s1. The number of fused-ring (bicyclic) bond motifs is 1. The highest BCUT2D eigenvalue weighted by molar-refractivity contribution is 5.99. The number of ketones is 5. The summed E-state index contributed by atoms with van der Waals surface area (Å²) in [5.41, 5.74) is 21.5. The molecule has 0 aliphatic rings. The van der Waals surface area contributed by atoms with Crippen molar-refractivity contribution in [3.05, 3.63) is 174 Å². The van der Waals surface area contributed by atoms with Gasteiger partial charge in [-0.25, -0.2) is 0 Å². The molecule has 0 spiro atoms. The lowest BCUT2D eigenvalue weighted by Gasteiger charge is -2.27. The number of unbranched alkanes of at least 4 members (excludes halogenated alkanes) is 2. The second-order valence-corrected chi connectivity index (χ2v) is 29.7. The van der Waals surface area contributed by atoms with E-state index in [-0.39, 0.29) is 69.7 Å². The van der Waals surface area contributed by atoms with Crippen molar-refractivity contribution in [2.24, 2.45) is 58.6 Å². The molecule has 0 saturated carbocycles. The number of aromatic nitrogens is 1. The third kappa shape index (κ3) is 30.6. The van der Waals surface area contributed by atoms with Crippen LogP contribution in [-0.2, 0) is 94.4 Å². The number of Topliss-reactive ketones (excluding diaryl/α,β-unsaturated/α-hetero) is 5. The molecule has 27 nitrogen and oxygen atoms in total. The molecule has 1 aromatic heterocycles. The van der Waals surface area contributed by atoms with Crippen LogP contribution in [0.4, 0.5) is 0 Å². The minimum absolute atomic E-state index is 0.0187. The fraction of sp³-hybridized carbons (Fsp3) is 0.471. The number of carboxylic acid groups (broad SMARTS) is 1. The van der Waals surface area contributed by atoms with Gasteiger partial charge in [-0.1, -0.05) is 149 Å². The number of rotatable bonds is 53. The number of hydrogen-bond acceptors (Lipinski definition) is 18. The number of aromatic hydroxyl groups is 1. The van der Waals surface area contributed by atoms with Gasteiger partial charge in [0.2, 0.25) is 41.4 Å². The van der Waals surface area contributed by atoms with Crippen LogP contribution in [-0.4, -0.2) is 164 Å². The van der Waals surface area contributed by atoms with Crippen LogP contribution >= 0.6 is 0 Å². The number of primary amides is 1. The summed E-state index contributed by atoms with van der Waals surface area (Å²) in [5, 5.41) is 58.1. The molecule has 17 N–H and O–H groups in total. The Labute approximate surface area is 653 Å². The van der Waals surface area contributed by atoms with Crippen molar-refractivity contribution in [3.63, 3.8) is 0 Å². The van der Waals surface area contributed by atoms with E-state index in [1.807, 2.05) is 68.4 Å². The van der Waals surface area contributed by atoms with Gasteiger partial charge in [0.1, 0.15) is 11.8 Å². The van der Waals surface area contributed by atoms with Crippen LogP contribution < -0.4 is 49.1 Å². The number of para-hydroxylation sites is 1. The monoisotopic (exact) mass is 1540 g/mol. The molecule has 0 aliphatic heterocycles. The first-order chi connectivity index (χ1) is 53.5. The van der Waals surface area contributed by atoms with E-state index in [1.54, 1.807) is 85.9 Å². The molecular formula is C85H112N10O17. The van der Waals surface area contributed by atoms with Gasteiger partial charge < -0.3 is 74.5 Å². The van der Waals surface area contributed by atoms with Gasteiger partial charge in [0, 0.05) is 85.2 Å². The number of aliphatic hydroxyl groups excluding tert-OH is 2. The minimum Gasteiger partial charge on any atom is -0.508 e. The molecule has 7 amide bonds. The number of phenols is 1. The van der Waals surface area contributed by atoms with Gasteiger partial charge in [-0.15, -0.1) is 0 Å². The Morgan fingerprint density at radius 1 is 0.446 bits per heavy atom. The molecule has 0 unspecified atom stereocenters. The summed E-state index contributed by atoms with van der Waals surface area (Å²) in [6.07, 6.45) is -1.41. The van der Waals surface area contributed by atoms with Crippen molar-refractivity contribution in [1.82, 2.24) is 36.9 Å². The number of carbonyl (C=O) groups is 13. The molecule has 0 bridgehead atoms. The van der Waals surface area contributed by atoms with Crippen molar-refractivity contribution in [3.8, 4) is 5.75 Å². The molecule has 112 heavy (non-hydrogen) atoms. The normalized spacial score (nSPS) is 14.6. The molecule has 604 valence electrons. The van der Waals surface area contributed by atoms with Crippen molar-refractivity contribution in [2.45, 2.75) is 186 Å². The lowest BCUT2D eigenvalue weighted by molar-refractivity contribution is -0.139. The van der Waals surface area contributed by atoms with Gasteiger partial charge in [-0.3, -0.25) is 62.3 Å². The van der Waals surface area contributed by atoms with E-state index in [0.29, 0.717) is 54.4 Å². The van der Waals surface area contributed by atoms with E-state index in [2.05, 4.69) is 36.9 Å². The van der Waals surface area contributed by atoms with Crippen molar-refractivity contribution < 1.29 is 82.8 Å².